The zero-order chi connectivity index (χ0) is 9.90. The smallest absolute Gasteiger partial charge is 0.0554 e. The number of aromatic nitrogens is 1. The van der Waals surface area contributed by atoms with Crippen LogP contribution in [0.25, 0.3) is 0 Å². The predicted octanol–water partition coefficient (Wildman–Crippen LogP) is 2.77. The van der Waals surface area contributed by atoms with Crippen molar-refractivity contribution >= 4 is 15.9 Å². The van der Waals surface area contributed by atoms with E-state index in [4.69, 9.17) is 4.74 Å². The Labute approximate surface area is 87.5 Å². The molecule has 0 aromatic carbocycles. The van der Waals surface area contributed by atoms with Gasteiger partial charge in [0.2, 0.25) is 0 Å². The fourth-order valence-corrected chi connectivity index (χ4v) is 1.59. The quantitative estimate of drug-likeness (QED) is 0.815. The fraction of sp³-hybridized carbons (Fsp3) is 0.500. The van der Waals surface area contributed by atoms with Crippen LogP contribution in [-0.2, 0) is 10.2 Å². The molecule has 0 atom stereocenters. The Kier molecular flexibility index (Phi) is 3.45. The summed E-state index contributed by atoms with van der Waals surface area (Å²) < 4.78 is 6.17. The van der Waals surface area contributed by atoms with E-state index >= 15 is 0 Å². The van der Waals surface area contributed by atoms with E-state index < -0.39 is 0 Å². The second-order valence-electron chi connectivity index (χ2n) is 3.71. The molecule has 13 heavy (non-hydrogen) atoms. The molecular weight excluding hydrogens is 230 g/mol. The van der Waals surface area contributed by atoms with Gasteiger partial charge in [-0.25, -0.2) is 0 Å². The lowest BCUT2D eigenvalue weighted by Gasteiger charge is -2.23. The van der Waals surface area contributed by atoms with Crippen molar-refractivity contribution < 1.29 is 4.74 Å². The van der Waals surface area contributed by atoms with E-state index in [1.54, 1.807) is 13.3 Å². The molecule has 0 unspecified atom stereocenters. The zero-order valence-corrected chi connectivity index (χ0v) is 9.76. The molecular formula is C10H14BrNO. The second kappa shape index (κ2) is 4.20. The summed E-state index contributed by atoms with van der Waals surface area (Å²) >= 11 is 3.40. The molecule has 0 bridgehead atoms. The van der Waals surface area contributed by atoms with Gasteiger partial charge in [0, 0.05) is 29.4 Å². The Morgan fingerprint density at radius 3 is 2.69 bits per heavy atom. The van der Waals surface area contributed by atoms with Gasteiger partial charge in [0.05, 0.1) is 6.61 Å². The van der Waals surface area contributed by atoms with Crippen molar-refractivity contribution in [1.82, 2.24) is 4.98 Å². The Morgan fingerprint density at radius 2 is 2.15 bits per heavy atom. The summed E-state index contributed by atoms with van der Waals surface area (Å²) in [6.07, 6.45) is 3.66. The Hall–Kier alpha value is -0.410. The maximum Gasteiger partial charge on any atom is 0.0554 e. The van der Waals surface area contributed by atoms with Gasteiger partial charge in [0.15, 0.2) is 0 Å². The Bertz CT molecular complexity index is 286. The van der Waals surface area contributed by atoms with Crippen LogP contribution < -0.4 is 0 Å². The van der Waals surface area contributed by atoms with E-state index in [0.29, 0.717) is 6.61 Å². The minimum atomic E-state index is 0.0194. The molecule has 0 aliphatic heterocycles. The van der Waals surface area contributed by atoms with Crippen LogP contribution in [-0.4, -0.2) is 18.7 Å². The van der Waals surface area contributed by atoms with Gasteiger partial charge >= 0.3 is 0 Å². The molecule has 3 heteroatoms. The van der Waals surface area contributed by atoms with Gasteiger partial charge in [-0.1, -0.05) is 13.8 Å². The summed E-state index contributed by atoms with van der Waals surface area (Å²) in [7, 11) is 1.72. The van der Waals surface area contributed by atoms with Crippen molar-refractivity contribution in [2.45, 2.75) is 19.3 Å². The van der Waals surface area contributed by atoms with E-state index in [9.17, 15) is 0 Å². The summed E-state index contributed by atoms with van der Waals surface area (Å²) in [4.78, 5) is 4.13. The molecule has 0 N–H and O–H groups in total. The third-order valence-electron chi connectivity index (χ3n) is 1.99. The molecule has 2 nitrogen and oxygen atoms in total. The van der Waals surface area contributed by atoms with Crippen LogP contribution in [0.3, 0.4) is 0 Å². The normalized spacial score (nSPS) is 11.7. The fourth-order valence-electron chi connectivity index (χ4n) is 1.23. The van der Waals surface area contributed by atoms with Gasteiger partial charge in [-0.3, -0.25) is 4.98 Å². The maximum atomic E-state index is 5.16. The summed E-state index contributed by atoms with van der Waals surface area (Å²) in [5, 5.41) is 0. The van der Waals surface area contributed by atoms with Gasteiger partial charge in [0.25, 0.3) is 0 Å². The topological polar surface area (TPSA) is 22.1 Å². The lowest BCUT2D eigenvalue weighted by Crippen LogP contribution is -2.23. The van der Waals surface area contributed by atoms with Crippen LogP contribution in [0.15, 0.2) is 22.9 Å². The van der Waals surface area contributed by atoms with Crippen LogP contribution in [0.5, 0.6) is 0 Å². The molecule has 0 aliphatic rings. The number of ether oxygens (including phenoxy) is 1. The number of methoxy groups -OCH3 is 1. The van der Waals surface area contributed by atoms with Crippen LogP contribution in [0.2, 0.25) is 0 Å². The van der Waals surface area contributed by atoms with Crippen LogP contribution >= 0.6 is 15.9 Å². The van der Waals surface area contributed by atoms with E-state index in [-0.39, 0.29) is 5.41 Å². The zero-order valence-electron chi connectivity index (χ0n) is 8.17. The van der Waals surface area contributed by atoms with E-state index in [0.717, 1.165) is 4.47 Å². The number of halogens is 1. The van der Waals surface area contributed by atoms with Gasteiger partial charge in [-0.15, -0.1) is 0 Å². The minimum absolute atomic E-state index is 0.0194. The van der Waals surface area contributed by atoms with Crippen molar-refractivity contribution in [3.8, 4) is 0 Å². The average Bonchev–Trinajstić information content (AvgIpc) is 2.04. The molecule has 1 aromatic heterocycles. The molecule has 0 spiro atoms. The highest BCUT2D eigenvalue weighted by Gasteiger charge is 2.20. The molecule has 0 fully saturated rings. The highest BCUT2D eigenvalue weighted by Crippen LogP contribution is 2.24. The standard InChI is InChI=1S/C10H14BrNO/c1-10(2,7-13-3)8-4-9(11)6-12-5-8/h4-6H,7H2,1-3H3. The van der Waals surface area contributed by atoms with Crippen molar-refractivity contribution in [2.75, 3.05) is 13.7 Å². The molecule has 72 valence electrons. The van der Waals surface area contributed by atoms with Gasteiger partial charge in [0.1, 0.15) is 0 Å². The van der Waals surface area contributed by atoms with E-state index in [1.807, 2.05) is 6.20 Å². The number of hydrogen-bond donors (Lipinski definition) is 0. The van der Waals surface area contributed by atoms with Gasteiger partial charge in [-0.2, -0.15) is 0 Å². The molecule has 0 amide bonds. The Balaban J connectivity index is 2.93. The largest absolute Gasteiger partial charge is 0.384 e. The van der Waals surface area contributed by atoms with Gasteiger partial charge < -0.3 is 4.74 Å². The maximum absolute atomic E-state index is 5.16. The third-order valence-corrected chi connectivity index (χ3v) is 2.43. The predicted molar refractivity (Wildman–Crippen MR) is 56.8 cm³/mol. The first-order valence-corrected chi connectivity index (χ1v) is 4.95. The minimum Gasteiger partial charge on any atom is -0.384 e. The van der Waals surface area contributed by atoms with Gasteiger partial charge in [-0.05, 0) is 27.6 Å². The first kappa shape index (κ1) is 10.7. The third kappa shape index (κ3) is 2.78. The first-order chi connectivity index (χ1) is 6.06. The van der Waals surface area contributed by atoms with Crippen molar-refractivity contribution in [3.05, 3.63) is 28.5 Å². The van der Waals surface area contributed by atoms with Crippen LogP contribution in [0.1, 0.15) is 19.4 Å². The lowest BCUT2D eigenvalue weighted by molar-refractivity contribution is 0.146. The lowest BCUT2D eigenvalue weighted by atomic mass is 9.87. The Morgan fingerprint density at radius 1 is 1.46 bits per heavy atom. The molecule has 0 saturated carbocycles. The average molecular weight is 244 g/mol. The van der Waals surface area contributed by atoms with E-state index in [1.165, 1.54) is 5.56 Å². The van der Waals surface area contributed by atoms with Crippen LogP contribution in [0, 0.1) is 0 Å². The molecule has 0 aliphatic carbocycles. The summed E-state index contributed by atoms with van der Waals surface area (Å²) in [5.41, 5.74) is 1.20. The highest BCUT2D eigenvalue weighted by molar-refractivity contribution is 9.10. The monoisotopic (exact) mass is 243 g/mol. The van der Waals surface area contributed by atoms with Crippen molar-refractivity contribution in [2.24, 2.45) is 0 Å². The number of hydrogen-bond acceptors (Lipinski definition) is 2. The number of nitrogens with zero attached hydrogens (tertiary/aromatic N) is 1. The van der Waals surface area contributed by atoms with Crippen molar-refractivity contribution in [3.63, 3.8) is 0 Å². The van der Waals surface area contributed by atoms with Crippen molar-refractivity contribution in [1.29, 1.82) is 0 Å². The van der Waals surface area contributed by atoms with Crippen LogP contribution in [0.4, 0.5) is 0 Å². The molecule has 0 saturated heterocycles. The first-order valence-electron chi connectivity index (χ1n) is 4.16. The van der Waals surface area contributed by atoms with E-state index in [2.05, 4.69) is 40.8 Å². The second-order valence-corrected chi connectivity index (χ2v) is 4.62. The SMILES string of the molecule is COCC(C)(C)c1cncc(Br)c1. The summed E-state index contributed by atoms with van der Waals surface area (Å²) in [6.45, 7) is 4.98. The number of rotatable bonds is 3. The summed E-state index contributed by atoms with van der Waals surface area (Å²) in [5.74, 6) is 0. The molecule has 1 rings (SSSR count). The number of pyridine rings is 1. The molecule has 0 radical (unpaired) electrons. The molecule has 1 heterocycles. The summed E-state index contributed by atoms with van der Waals surface area (Å²) in [6, 6.07) is 2.08. The molecule has 1 aromatic rings. The highest BCUT2D eigenvalue weighted by atomic mass is 79.9.